The van der Waals surface area contributed by atoms with Gasteiger partial charge in [0.2, 0.25) is 0 Å². The lowest BCUT2D eigenvalue weighted by atomic mass is 9.93. The molecule has 3 aromatic rings. The Kier molecular flexibility index (Phi) is 5.75. The van der Waals surface area contributed by atoms with Crippen molar-refractivity contribution in [2.75, 3.05) is 18.5 Å². The molecule has 3 rings (SSSR count). The molecule has 0 unspecified atom stereocenters. The molecule has 1 heterocycles. The molecule has 0 aliphatic carbocycles. The molecule has 1 aromatic heterocycles. The lowest BCUT2D eigenvalue weighted by molar-refractivity contribution is -0.146. The number of esters is 1. The van der Waals surface area contributed by atoms with Gasteiger partial charge in [-0.2, -0.15) is 0 Å². The van der Waals surface area contributed by atoms with Crippen LogP contribution in [0.15, 0.2) is 42.5 Å². The predicted octanol–water partition coefficient (Wildman–Crippen LogP) is 3.35. The van der Waals surface area contributed by atoms with Crippen molar-refractivity contribution in [3.05, 3.63) is 53.6 Å². The molecule has 0 fully saturated rings. The standard InChI is InChI=1S/C21H22N4O4S/c1-21(2,19(27)28)11-25(3)20-24-15-9-6-13(10-16(15)30-20)18(26)29-14-7-4-12(5-8-14)17(22)23/h4-10H,11H2,1-3H3,(H3,22,23)(H,27,28). The highest BCUT2D eigenvalue weighted by Crippen LogP contribution is 2.31. The Bertz CT molecular complexity index is 1120. The third-order valence-electron chi connectivity index (χ3n) is 4.53. The van der Waals surface area contributed by atoms with E-state index in [2.05, 4.69) is 4.98 Å². The van der Waals surface area contributed by atoms with E-state index in [4.69, 9.17) is 15.9 Å². The number of hydrogen-bond donors (Lipinski definition) is 3. The minimum absolute atomic E-state index is 0.0592. The molecule has 0 aliphatic heterocycles. The summed E-state index contributed by atoms with van der Waals surface area (Å²) in [5.74, 6) is -1.10. The van der Waals surface area contributed by atoms with Crippen LogP contribution in [0.5, 0.6) is 5.75 Å². The summed E-state index contributed by atoms with van der Waals surface area (Å²) in [6, 6.07) is 11.5. The second-order valence-corrected chi connectivity index (χ2v) is 8.56. The number of fused-ring (bicyclic) bond motifs is 1. The van der Waals surface area contributed by atoms with Gasteiger partial charge in [-0.3, -0.25) is 10.2 Å². The van der Waals surface area contributed by atoms with Gasteiger partial charge in [-0.05, 0) is 56.3 Å². The molecule has 4 N–H and O–H groups in total. The Hall–Kier alpha value is -3.46. The number of ether oxygens (including phenoxy) is 1. The van der Waals surface area contributed by atoms with Crippen molar-refractivity contribution in [1.82, 2.24) is 4.98 Å². The first-order chi connectivity index (χ1) is 14.1. The topological polar surface area (TPSA) is 130 Å². The Labute approximate surface area is 177 Å². The van der Waals surface area contributed by atoms with Gasteiger partial charge in [-0.1, -0.05) is 11.3 Å². The van der Waals surface area contributed by atoms with Crippen LogP contribution in [0.2, 0.25) is 0 Å². The lowest BCUT2D eigenvalue weighted by Crippen LogP contribution is -2.37. The third kappa shape index (κ3) is 4.57. The molecular weight excluding hydrogens is 404 g/mol. The number of carbonyl (C=O) groups excluding carboxylic acids is 1. The smallest absolute Gasteiger partial charge is 0.343 e. The first kappa shape index (κ1) is 21.3. The number of nitrogens with zero attached hydrogens (tertiary/aromatic N) is 2. The third-order valence-corrected chi connectivity index (χ3v) is 5.66. The number of thiazole rings is 1. The molecule has 0 radical (unpaired) electrons. The van der Waals surface area contributed by atoms with E-state index in [0.29, 0.717) is 28.6 Å². The van der Waals surface area contributed by atoms with Crippen LogP contribution in [0, 0.1) is 10.8 Å². The van der Waals surface area contributed by atoms with Gasteiger partial charge >= 0.3 is 11.9 Å². The summed E-state index contributed by atoms with van der Waals surface area (Å²) < 4.78 is 6.19. The minimum Gasteiger partial charge on any atom is -0.481 e. The summed E-state index contributed by atoms with van der Waals surface area (Å²) in [5, 5.41) is 17.4. The number of carboxylic acid groups (broad SMARTS) is 1. The van der Waals surface area contributed by atoms with Crippen LogP contribution >= 0.6 is 11.3 Å². The number of amidine groups is 1. The highest BCUT2D eigenvalue weighted by atomic mass is 32.1. The highest BCUT2D eigenvalue weighted by Gasteiger charge is 2.29. The van der Waals surface area contributed by atoms with Crippen LogP contribution < -0.4 is 15.4 Å². The van der Waals surface area contributed by atoms with Gasteiger partial charge in [0.25, 0.3) is 0 Å². The van der Waals surface area contributed by atoms with E-state index in [1.807, 2.05) is 0 Å². The summed E-state index contributed by atoms with van der Waals surface area (Å²) in [6.45, 7) is 3.62. The van der Waals surface area contributed by atoms with Gasteiger partial charge in [-0.15, -0.1) is 0 Å². The Morgan fingerprint density at radius 2 is 1.83 bits per heavy atom. The number of aliphatic carboxylic acids is 1. The van der Waals surface area contributed by atoms with Crippen molar-refractivity contribution >= 4 is 44.5 Å². The molecule has 30 heavy (non-hydrogen) atoms. The van der Waals surface area contributed by atoms with E-state index in [0.717, 1.165) is 10.2 Å². The molecule has 8 nitrogen and oxygen atoms in total. The zero-order valence-corrected chi connectivity index (χ0v) is 17.6. The van der Waals surface area contributed by atoms with Crippen LogP contribution in [-0.2, 0) is 4.79 Å². The largest absolute Gasteiger partial charge is 0.481 e. The van der Waals surface area contributed by atoms with Gasteiger partial charge in [-0.25, -0.2) is 9.78 Å². The fraction of sp³-hybridized carbons (Fsp3) is 0.238. The number of hydrogen-bond acceptors (Lipinski definition) is 7. The fourth-order valence-corrected chi connectivity index (χ4v) is 3.76. The molecule has 0 atom stereocenters. The summed E-state index contributed by atoms with van der Waals surface area (Å²) in [6.07, 6.45) is 0. The van der Waals surface area contributed by atoms with E-state index >= 15 is 0 Å². The van der Waals surface area contributed by atoms with Crippen LogP contribution in [0.1, 0.15) is 29.8 Å². The zero-order chi connectivity index (χ0) is 22.1. The van der Waals surface area contributed by atoms with Crippen LogP contribution in [-0.4, -0.2) is 41.5 Å². The monoisotopic (exact) mass is 426 g/mol. The van der Waals surface area contributed by atoms with Gasteiger partial charge in [0, 0.05) is 19.2 Å². The quantitative estimate of drug-likeness (QED) is 0.229. The average Bonchev–Trinajstić information content (AvgIpc) is 3.11. The highest BCUT2D eigenvalue weighted by molar-refractivity contribution is 7.22. The zero-order valence-electron chi connectivity index (χ0n) is 16.8. The molecule has 9 heteroatoms. The van der Waals surface area contributed by atoms with Gasteiger partial charge in [0.05, 0.1) is 21.2 Å². The van der Waals surface area contributed by atoms with Crippen molar-refractivity contribution in [2.45, 2.75) is 13.8 Å². The lowest BCUT2D eigenvalue weighted by Gasteiger charge is -2.26. The molecule has 0 saturated carbocycles. The van der Waals surface area contributed by atoms with Crippen LogP contribution in [0.4, 0.5) is 5.13 Å². The summed E-state index contributed by atoms with van der Waals surface area (Å²) >= 11 is 1.38. The van der Waals surface area contributed by atoms with Crippen LogP contribution in [0.25, 0.3) is 10.2 Å². The Morgan fingerprint density at radius 1 is 1.20 bits per heavy atom. The number of aromatic nitrogens is 1. The van der Waals surface area contributed by atoms with Crippen molar-refractivity contribution in [1.29, 1.82) is 5.41 Å². The average molecular weight is 426 g/mol. The number of carbonyl (C=O) groups is 2. The van der Waals surface area contributed by atoms with Crippen LogP contribution in [0.3, 0.4) is 0 Å². The second kappa shape index (κ2) is 8.11. The van der Waals surface area contributed by atoms with Crippen molar-refractivity contribution in [2.24, 2.45) is 11.1 Å². The normalized spacial score (nSPS) is 11.3. The van der Waals surface area contributed by atoms with Crippen molar-refractivity contribution in [3.8, 4) is 5.75 Å². The molecule has 0 amide bonds. The minimum atomic E-state index is -0.917. The summed E-state index contributed by atoms with van der Waals surface area (Å²) in [7, 11) is 1.79. The van der Waals surface area contributed by atoms with E-state index in [9.17, 15) is 14.7 Å². The van der Waals surface area contributed by atoms with E-state index in [-0.39, 0.29) is 5.84 Å². The molecule has 0 bridgehead atoms. The number of benzene rings is 2. The van der Waals surface area contributed by atoms with Gasteiger partial charge in [0.15, 0.2) is 5.13 Å². The fourth-order valence-electron chi connectivity index (χ4n) is 2.80. The van der Waals surface area contributed by atoms with Gasteiger partial charge in [0.1, 0.15) is 11.6 Å². The van der Waals surface area contributed by atoms with Gasteiger partial charge < -0.3 is 20.5 Å². The predicted molar refractivity (Wildman–Crippen MR) is 117 cm³/mol. The van der Waals surface area contributed by atoms with E-state index in [1.165, 1.54) is 11.3 Å². The molecule has 0 aliphatic rings. The second-order valence-electron chi connectivity index (χ2n) is 7.55. The maximum absolute atomic E-state index is 12.5. The maximum atomic E-state index is 12.5. The summed E-state index contributed by atoms with van der Waals surface area (Å²) in [4.78, 5) is 30.2. The van der Waals surface area contributed by atoms with E-state index < -0.39 is 17.4 Å². The number of nitrogen functional groups attached to an aromatic ring is 1. The first-order valence-electron chi connectivity index (χ1n) is 9.08. The molecule has 156 valence electrons. The van der Waals surface area contributed by atoms with E-state index in [1.54, 1.807) is 68.3 Å². The van der Waals surface area contributed by atoms with Crippen molar-refractivity contribution in [3.63, 3.8) is 0 Å². The maximum Gasteiger partial charge on any atom is 0.343 e. The number of nitrogens with one attached hydrogen (secondary N) is 1. The van der Waals surface area contributed by atoms with Crippen molar-refractivity contribution < 1.29 is 19.4 Å². The summed E-state index contributed by atoms with van der Waals surface area (Å²) in [5.41, 5.74) is 6.14. The number of nitrogens with two attached hydrogens (primary N) is 1. The molecular formula is C21H22N4O4S. The molecule has 0 saturated heterocycles. The Balaban J connectivity index is 1.77. The SMILES string of the molecule is CN(CC(C)(C)C(=O)O)c1nc2ccc(C(=O)Oc3ccc(C(=N)N)cc3)cc2s1. The molecule has 2 aromatic carbocycles. The first-order valence-corrected chi connectivity index (χ1v) is 9.90. The number of carboxylic acids is 1. The molecule has 0 spiro atoms. The number of rotatable bonds is 7. The Morgan fingerprint density at radius 3 is 2.43 bits per heavy atom. The number of anilines is 1.